The number of hydrogen-bond acceptors (Lipinski definition) is 3. The van der Waals surface area contributed by atoms with Gasteiger partial charge in [-0.15, -0.1) is 0 Å². The average Bonchev–Trinajstić information content (AvgIpc) is 2.96. The van der Waals surface area contributed by atoms with E-state index >= 15 is 0 Å². The minimum absolute atomic E-state index is 0.144. The van der Waals surface area contributed by atoms with Gasteiger partial charge in [0.05, 0.1) is 12.8 Å². The lowest BCUT2D eigenvalue weighted by atomic mass is 10.0. The van der Waals surface area contributed by atoms with Gasteiger partial charge in [0.2, 0.25) is 0 Å². The van der Waals surface area contributed by atoms with Gasteiger partial charge in [-0.25, -0.2) is 0 Å². The SMILES string of the molecule is CCn1cc(CN(Cc2ccccc2)C(CO)C(C)C)cn1. The van der Waals surface area contributed by atoms with Gasteiger partial charge in [-0.05, 0) is 18.4 Å². The molecule has 1 heterocycles. The fraction of sp³-hybridized carbons (Fsp3) is 0.500. The first-order valence-corrected chi connectivity index (χ1v) is 8.04. The van der Waals surface area contributed by atoms with Crippen LogP contribution in [0.4, 0.5) is 0 Å². The summed E-state index contributed by atoms with van der Waals surface area (Å²) >= 11 is 0. The Labute approximate surface area is 133 Å². The van der Waals surface area contributed by atoms with Gasteiger partial charge in [0.15, 0.2) is 0 Å². The largest absolute Gasteiger partial charge is 0.395 e. The molecule has 0 aliphatic carbocycles. The molecule has 1 N–H and O–H groups in total. The van der Waals surface area contributed by atoms with Crippen molar-refractivity contribution in [2.75, 3.05) is 6.61 Å². The molecule has 4 nitrogen and oxygen atoms in total. The molecule has 0 radical (unpaired) electrons. The summed E-state index contributed by atoms with van der Waals surface area (Å²) in [6.07, 6.45) is 4.02. The highest BCUT2D eigenvalue weighted by Crippen LogP contribution is 2.18. The Morgan fingerprint density at radius 3 is 2.36 bits per heavy atom. The fourth-order valence-electron chi connectivity index (χ4n) is 2.75. The molecule has 22 heavy (non-hydrogen) atoms. The van der Waals surface area contributed by atoms with Crippen LogP contribution in [0, 0.1) is 5.92 Å². The highest BCUT2D eigenvalue weighted by atomic mass is 16.3. The first kappa shape index (κ1) is 16.7. The molecule has 0 saturated heterocycles. The zero-order valence-corrected chi connectivity index (χ0v) is 13.8. The Kier molecular flexibility index (Phi) is 6.16. The molecule has 0 amide bonds. The molecule has 0 aliphatic rings. The monoisotopic (exact) mass is 301 g/mol. The Morgan fingerprint density at radius 1 is 1.14 bits per heavy atom. The predicted molar refractivity (Wildman–Crippen MR) is 89.3 cm³/mol. The molecule has 0 spiro atoms. The molecular formula is C18H27N3O. The van der Waals surface area contributed by atoms with Crippen molar-refractivity contribution in [3.8, 4) is 0 Å². The summed E-state index contributed by atoms with van der Waals surface area (Å²) in [5.74, 6) is 0.398. The molecule has 1 aromatic heterocycles. The second-order valence-corrected chi connectivity index (χ2v) is 6.09. The number of aryl methyl sites for hydroxylation is 1. The van der Waals surface area contributed by atoms with Gasteiger partial charge in [-0.1, -0.05) is 44.2 Å². The molecule has 2 aromatic rings. The second-order valence-electron chi connectivity index (χ2n) is 6.09. The van der Waals surface area contributed by atoms with E-state index in [0.717, 1.165) is 19.6 Å². The molecule has 0 aliphatic heterocycles. The van der Waals surface area contributed by atoms with E-state index in [2.05, 4.69) is 61.2 Å². The molecule has 0 fully saturated rings. The third kappa shape index (κ3) is 4.42. The van der Waals surface area contributed by atoms with Crippen molar-refractivity contribution in [2.24, 2.45) is 5.92 Å². The summed E-state index contributed by atoms with van der Waals surface area (Å²) in [5, 5.41) is 14.2. The van der Waals surface area contributed by atoms with Crippen molar-refractivity contribution in [1.29, 1.82) is 0 Å². The van der Waals surface area contributed by atoms with Gasteiger partial charge >= 0.3 is 0 Å². The first-order chi connectivity index (χ1) is 10.6. The van der Waals surface area contributed by atoms with Gasteiger partial charge in [0.1, 0.15) is 0 Å². The molecule has 2 rings (SSSR count). The van der Waals surface area contributed by atoms with Crippen molar-refractivity contribution in [1.82, 2.24) is 14.7 Å². The van der Waals surface area contributed by atoms with Gasteiger partial charge in [-0.2, -0.15) is 5.10 Å². The quantitative estimate of drug-likeness (QED) is 0.815. The average molecular weight is 301 g/mol. The highest BCUT2D eigenvalue weighted by molar-refractivity contribution is 5.15. The third-order valence-electron chi connectivity index (χ3n) is 4.05. The van der Waals surface area contributed by atoms with Crippen LogP contribution in [0.5, 0.6) is 0 Å². The highest BCUT2D eigenvalue weighted by Gasteiger charge is 2.22. The van der Waals surface area contributed by atoms with Crippen LogP contribution >= 0.6 is 0 Å². The normalized spacial score (nSPS) is 13.0. The second kappa shape index (κ2) is 8.11. The molecule has 4 heteroatoms. The maximum absolute atomic E-state index is 9.81. The Balaban J connectivity index is 2.16. The minimum Gasteiger partial charge on any atom is -0.395 e. The molecule has 120 valence electrons. The van der Waals surface area contributed by atoms with E-state index in [-0.39, 0.29) is 12.6 Å². The lowest BCUT2D eigenvalue weighted by Crippen LogP contribution is -2.40. The van der Waals surface area contributed by atoms with E-state index in [1.807, 2.05) is 16.9 Å². The van der Waals surface area contributed by atoms with Gasteiger partial charge in [-0.3, -0.25) is 9.58 Å². The summed E-state index contributed by atoms with van der Waals surface area (Å²) < 4.78 is 1.94. The topological polar surface area (TPSA) is 41.3 Å². The smallest absolute Gasteiger partial charge is 0.0589 e. The zero-order valence-electron chi connectivity index (χ0n) is 13.8. The van der Waals surface area contributed by atoms with Crippen molar-refractivity contribution >= 4 is 0 Å². The number of nitrogens with zero attached hydrogens (tertiary/aromatic N) is 3. The number of rotatable bonds is 8. The van der Waals surface area contributed by atoms with Crippen molar-refractivity contribution in [3.63, 3.8) is 0 Å². The van der Waals surface area contributed by atoms with E-state index < -0.39 is 0 Å². The molecule has 0 saturated carbocycles. The summed E-state index contributed by atoms with van der Waals surface area (Å²) in [4.78, 5) is 2.34. The number of aliphatic hydroxyl groups excluding tert-OH is 1. The van der Waals surface area contributed by atoms with Crippen molar-refractivity contribution in [3.05, 3.63) is 53.9 Å². The van der Waals surface area contributed by atoms with Crippen LogP contribution in [0.2, 0.25) is 0 Å². The standard InChI is InChI=1S/C18H27N3O/c1-4-21-13-17(10-19-21)12-20(18(14-22)15(2)3)11-16-8-6-5-7-9-16/h5-10,13,15,18,22H,4,11-12,14H2,1-3H3. The van der Waals surface area contributed by atoms with Crippen LogP contribution in [0.15, 0.2) is 42.7 Å². The summed E-state index contributed by atoms with van der Waals surface area (Å²) in [7, 11) is 0. The summed E-state index contributed by atoms with van der Waals surface area (Å²) in [6, 6.07) is 10.6. The van der Waals surface area contributed by atoms with Gasteiger partial charge in [0.25, 0.3) is 0 Å². The van der Waals surface area contributed by atoms with Gasteiger partial charge < -0.3 is 5.11 Å². The molecular weight excluding hydrogens is 274 g/mol. The molecule has 0 bridgehead atoms. The number of benzene rings is 1. The third-order valence-corrected chi connectivity index (χ3v) is 4.05. The van der Waals surface area contributed by atoms with Crippen LogP contribution < -0.4 is 0 Å². The Bertz CT molecular complexity index is 550. The van der Waals surface area contributed by atoms with Gasteiger partial charge in [0, 0.05) is 37.4 Å². The van der Waals surface area contributed by atoms with Crippen molar-refractivity contribution < 1.29 is 5.11 Å². The lowest BCUT2D eigenvalue weighted by molar-refractivity contribution is 0.0784. The maximum atomic E-state index is 9.81. The molecule has 1 atom stereocenters. The van der Waals surface area contributed by atoms with Crippen LogP contribution in [0.3, 0.4) is 0 Å². The van der Waals surface area contributed by atoms with Crippen LogP contribution in [0.25, 0.3) is 0 Å². The lowest BCUT2D eigenvalue weighted by Gasteiger charge is -2.33. The van der Waals surface area contributed by atoms with E-state index in [4.69, 9.17) is 0 Å². The van der Waals surface area contributed by atoms with Crippen LogP contribution in [0.1, 0.15) is 31.9 Å². The van der Waals surface area contributed by atoms with E-state index in [1.54, 1.807) is 0 Å². The summed E-state index contributed by atoms with van der Waals surface area (Å²) in [5.41, 5.74) is 2.46. The van der Waals surface area contributed by atoms with E-state index in [0.29, 0.717) is 5.92 Å². The predicted octanol–water partition coefficient (Wildman–Crippen LogP) is 2.92. The zero-order chi connectivity index (χ0) is 15.9. The first-order valence-electron chi connectivity index (χ1n) is 8.04. The fourth-order valence-corrected chi connectivity index (χ4v) is 2.75. The Morgan fingerprint density at radius 2 is 1.82 bits per heavy atom. The number of aromatic nitrogens is 2. The maximum Gasteiger partial charge on any atom is 0.0589 e. The van der Waals surface area contributed by atoms with Crippen LogP contribution in [-0.2, 0) is 19.6 Å². The van der Waals surface area contributed by atoms with Crippen molar-refractivity contribution in [2.45, 2.75) is 46.4 Å². The van der Waals surface area contributed by atoms with E-state index in [9.17, 15) is 5.11 Å². The Hall–Kier alpha value is -1.65. The summed E-state index contributed by atoms with van der Waals surface area (Å²) in [6.45, 7) is 9.10. The van der Waals surface area contributed by atoms with Crippen LogP contribution in [-0.4, -0.2) is 32.4 Å². The number of hydrogen-bond donors (Lipinski definition) is 1. The molecule has 1 unspecified atom stereocenters. The number of aliphatic hydroxyl groups is 1. The van der Waals surface area contributed by atoms with E-state index in [1.165, 1.54) is 11.1 Å². The molecule has 1 aromatic carbocycles. The minimum atomic E-state index is 0.144.